The van der Waals surface area contributed by atoms with Crippen molar-refractivity contribution in [3.8, 4) is 5.75 Å². The lowest BCUT2D eigenvalue weighted by atomic mass is 9.94. The van der Waals surface area contributed by atoms with Crippen LogP contribution in [0.15, 0.2) is 24.3 Å². The summed E-state index contributed by atoms with van der Waals surface area (Å²) in [6.45, 7) is 5.07. The molecular formula is C16H26N2O2. The molecule has 2 atom stereocenters. The van der Waals surface area contributed by atoms with Gasteiger partial charge < -0.3 is 15.2 Å². The number of nitrogens with zero attached hydrogens (tertiary/aromatic N) is 1. The molecule has 1 aromatic rings. The van der Waals surface area contributed by atoms with Crippen LogP contribution < -0.4 is 10.5 Å². The fraction of sp³-hybridized carbons (Fsp3) is 0.625. The molecule has 1 fully saturated rings. The van der Waals surface area contributed by atoms with Gasteiger partial charge in [0, 0.05) is 26.2 Å². The van der Waals surface area contributed by atoms with Gasteiger partial charge >= 0.3 is 0 Å². The summed E-state index contributed by atoms with van der Waals surface area (Å²) in [6, 6.07) is 8.02. The molecule has 2 N–H and O–H groups in total. The molecule has 0 aliphatic carbocycles. The van der Waals surface area contributed by atoms with Gasteiger partial charge in [-0.25, -0.2) is 0 Å². The molecule has 20 heavy (non-hydrogen) atoms. The average Bonchev–Trinajstić information content (AvgIpc) is 2.47. The van der Waals surface area contributed by atoms with Crippen LogP contribution in [0.1, 0.15) is 31.4 Å². The Hall–Kier alpha value is -1.10. The third-order valence-corrected chi connectivity index (χ3v) is 4.21. The van der Waals surface area contributed by atoms with Crippen LogP contribution in [0, 0.1) is 0 Å². The van der Waals surface area contributed by atoms with Crippen LogP contribution in [0.3, 0.4) is 0 Å². The van der Waals surface area contributed by atoms with E-state index in [2.05, 4.69) is 17.9 Å². The van der Waals surface area contributed by atoms with E-state index in [-0.39, 0.29) is 11.6 Å². The summed E-state index contributed by atoms with van der Waals surface area (Å²) >= 11 is 0. The van der Waals surface area contributed by atoms with Crippen molar-refractivity contribution in [2.24, 2.45) is 5.73 Å². The summed E-state index contributed by atoms with van der Waals surface area (Å²) < 4.78 is 10.9. The molecule has 0 amide bonds. The Kier molecular flexibility index (Phi) is 5.02. The number of benzene rings is 1. The van der Waals surface area contributed by atoms with Crippen molar-refractivity contribution >= 4 is 0 Å². The van der Waals surface area contributed by atoms with Crippen LogP contribution in [-0.4, -0.2) is 44.4 Å². The predicted octanol–water partition coefficient (Wildman–Crippen LogP) is 2.20. The van der Waals surface area contributed by atoms with E-state index < -0.39 is 0 Å². The van der Waals surface area contributed by atoms with E-state index >= 15 is 0 Å². The second-order valence-electron chi connectivity index (χ2n) is 5.88. The molecule has 112 valence electrons. The van der Waals surface area contributed by atoms with Gasteiger partial charge in [0.25, 0.3) is 0 Å². The van der Waals surface area contributed by atoms with Gasteiger partial charge in [0.1, 0.15) is 5.75 Å². The number of hydrogen-bond acceptors (Lipinski definition) is 4. The summed E-state index contributed by atoms with van der Waals surface area (Å²) in [7, 11) is 3.48. The van der Waals surface area contributed by atoms with Crippen molar-refractivity contribution in [3.63, 3.8) is 0 Å². The summed E-state index contributed by atoms with van der Waals surface area (Å²) in [5.74, 6) is 0.860. The maximum absolute atomic E-state index is 6.34. The molecule has 0 aromatic heterocycles. The van der Waals surface area contributed by atoms with Crippen LogP contribution in [0.2, 0.25) is 0 Å². The topological polar surface area (TPSA) is 47.7 Å². The van der Waals surface area contributed by atoms with Crippen molar-refractivity contribution in [1.29, 1.82) is 0 Å². The second kappa shape index (κ2) is 6.57. The van der Waals surface area contributed by atoms with E-state index in [0.717, 1.165) is 43.8 Å². The largest absolute Gasteiger partial charge is 0.497 e. The molecule has 1 aliphatic heterocycles. The van der Waals surface area contributed by atoms with Gasteiger partial charge in [-0.2, -0.15) is 0 Å². The number of nitrogens with two attached hydrogens (primary N) is 1. The molecule has 0 saturated carbocycles. The zero-order chi connectivity index (χ0) is 14.6. The Morgan fingerprint density at radius 3 is 2.90 bits per heavy atom. The minimum absolute atomic E-state index is 0.00399. The van der Waals surface area contributed by atoms with E-state index in [0.29, 0.717) is 0 Å². The Labute approximate surface area is 121 Å². The first kappa shape index (κ1) is 15.3. The molecule has 1 heterocycles. The quantitative estimate of drug-likeness (QED) is 0.897. The number of methoxy groups -OCH3 is 2. The SMILES string of the molecule is COc1cccc(C(N)CN2CCCC(C)(OC)C2)c1. The lowest BCUT2D eigenvalue weighted by Crippen LogP contribution is -2.49. The third kappa shape index (κ3) is 3.72. The standard InChI is InChI=1S/C16H26N2O2/c1-16(20-3)8-5-9-18(12-16)11-15(17)13-6-4-7-14(10-13)19-2/h4,6-7,10,15H,5,8-9,11-12,17H2,1-3H3. The van der Waals surface area contributed by atoms with E-state index in [9.17, 15) is 0 Å². The van der Waals surface area contributed by atoms with Crippen molar-refractivity contribution in [3.05, 3.63) is 29.8 Å². The molecule has 0 radical (unpaired) electrons. The molecule has 1 aromatic carbocycles. The second-order valence-corrected chi connectivity index (χ2v) is 5.88. The fourth-order valence-corrected chi connectivity index (χ4v) is 2.89. The summed E-state index contributed by atoms with van der Waals surface area (Å²) in [5, 5.41) is 0. The van der Waals surface area contributed by atoms with Crippen molar-refractivity contribution < 1.29 is 9.47 Å². The molecule has 2 rings (SSSR count). The third-order valence-electron chi connectivity index (χ3n) is 4.21. The number of likely N-dealkylation sites (tertiary alicyclic amines) is 1. The van der Waals surface area contributed by atoms with Gasteiger partial charge in [-0.1, -0.05) is 12.1 Å². The highest BCUT2D eigenvalue weighted by Gasteiger charge is 2.31. The number of rotatable bonds is 5. The summed E-state index contributed by atoms with van der Waals surface area (Å²) in [6.07, 6.45) is 2.28. The lowest BCUT2D eigenvalue weighted by molar-refractivity contribution is -0.0516. The molecule has 0 bridgehead atoms. The maximum Gasteiger partial charge on any atom is 0.119 e. The van der Waals surface area contributed by atoms with Crippen LogP contribution in [0.5, 0.6) is 5.75 Å². The fourth-order valence-electron chi connectivity index (χ4n) is 2.89. The maximum atomic E-state index is 6.34. The van der Waals surface area contributed by atoms with Gasteiger partial charge in [0.2, 0.25) is 0 Å². The Balaban J connectivity index is 1.98. The lowest BCUT2D eigenvalue weighted by Gasteiger charge is -2.40. The highest BCUT2D eigenvalue weighted by atomic mass is 16.5. The highest BCUT2D eigenvalue weighted by molar-refractivity contribution is 5.30. The molecule has 4 nitrogen and oxygen atoms in total. The Bertz CT molecular complexity index is 438. The highest BCUT2D eigenvalue weighted by Crippen LogP contribution is 2.25. The zero-order valence-corrected chi connectivity index (χ0v) is 12.8. The number of ether oxygens (including phenoxy) is 2. The Morgan fingerprint density at radius 1 is 1.40 bits per heavy atom. The Morgan fingerprint density at radius 2 is 2.20 bits per heavy atom. The molecule has 0 spiro atoms. The van der Waals surface area contributed by atoms with Gasteiger partial charge in [0.15, 0.2) is 0 Å². The first-order valence-corrected chi connectivity index (χ1v) is 7.23. The average molecular weight is 278 g/mol. The van der Waals surface area contributed by atoms with Crippen molar-refractivity contribution in [2.45, 2.75) is 31.4 Å². The molecule has 1 saturated heterocycles. The minimum atomic E-state index is -0.0354. The van der Waals surface area contributed by atoms with Crippen LogP contribution in [0.4, 0.5) is 0 Å². The van der Waals surface area contributed by atoms with Crippen molar-refractivity contribution in [2.75, 3.05) is 33.9 Å². The first-order chi connectivity index (χ1) is 9.56. The summed E-state index contributed by atoms with van der Waals surface area (Å²) in [4.78, 5) is 2.40. The smallest absolute Gasteiger partial charge is 0.119 e. The van der Waals surface area contributed by atoms with Crippen LogP contribution >= 0.6 is 0 Å². The van der Waals surface area contributed by atoms with E-state index in [1.165, 1.54) is 0 Å². The van der Waals surface area contributed by atoms with Crippen LogP contribution in [-0.2, 0) is 4.74 Å². The normalized spacial score (nSPS) is 25.4. The van der Waals surface area contributed by atoms with Gasteiger partial charge in [-0.05, 0) is 44.0 Å². The van der Waals surface area contributed by atoms with E-state index in [1.807, 2.05) is 18.2 Å². The number of piperidine rings is 1. The van der Waals surface area contributed by atoms with Gasteiger partial charge in [0.05, 0.1) is 12.7 Å². The van der Waals surface area contributed by atoms with E-state index in [4.69, 9.17) is 15.2 Å². The van der Waals surface area contributed by atoms with Crippen molar-refractivity contribution in [1.82, 2.24) is 4.90 Å². The molecule has 4 heteroatoms. The van der Waals surface area contributed by atoms with E-state index in [1.54, 1.807) is 14.2 Å². The summed E-state index contributed by atoms with van der Waals surface area (Å²) in [5.41, 5.74) is 7.43. The minimum Gasteiger partial charge on any atom is -0.497 e. The first-order valence-electron chi connectivity index (χ1n) is 7.23. The molecule has 1 aliphatic rings. The zero-order valence-electron chi connectivity index (χ0n) is 12.8. The monoisotopic (exact) mass is 278 g/mol. The predicted molar refractivity (Wildman–Crippen MR) is 81.0 cm³/mol. The van der Waals surface area contributed by atoms with Gasteiger partial charge in [-0.3, -0.25) is 4.90 Å². The number of hydrogen-bond donors (Lipinski definition) is 1. The van der Waals surface area contributed by atoms with Gasteiger partial charge in [-0.15, -0.1) is 0 Å². The molecule has 2 unspecified atom stereocenters. The van der Waals surface area contributed by atoms with Crippen LogP contribution in [0.25, 0.3) is 0 Å². The molecular weight excluding hydrogens is 252 g/mol.